The number of nitrogens with zero attached hydrogens (tertiary/aromatic N) is 2. The van der Waals surface area contributed by atoms with Gasteiger partial charge in [0.2, 0.25) is 0 Å². The summed E-state index contributed by atoms with van der Waals surface area (Å²) in [4.78, 5) is 12.2. The second-order valence-electron chi connectivity index (χ2n) is 5.00. The smallest absolute Gasteiger partial charge is 0.256 e. The summed E-state index contributed by atoms with van der Waals surface area (Å²) >= 11 is 0. The molecule has 20 heavy (non-hydrogen) atoms. The molecule has 1 unspecified atom stereocenters. The molecule has 1 aliphatic heterocycles. The van der Waals surface area contributed by atoms with E-state index in [0.717, 1.165) is 18.6 Å². The van der Waals surface area contributed by atoms with E-state index in [2.05, 4.69) is 10.4 Å². The minimum Gasteiger partial charge on any atom is -0.379 e. The molecule has 1 amide bonds. The Balaban J connectivity index is 1.72. The first-order chi connectivity index (χ1) is 9.74. The van der Waals surface area contributed by atoms with Crippen LogP contribution in [0, 0.1) is 6.92 Å². The number of carbonyl (C=O) groups excluding carboxylic acids is 1. The number of aryl methyl sites for hydroxylation is 1. The molecule has 0 saturated carbocycles. The van der Waals surface area contributed by atoms with Gasteiger partial charge in [0, 0.05) is 18.4 Å². The van der Waals surface area contributed by atoms with Crippen molar-refractivity contribution in [2.24, 2.45) is 0 Å². The summed E-state index contributed by atoms with van der Waals surface area (Å²) in [5.41, 5.74) is 2.36. The fraction of sp³-hybridized carbons (Fsp3) is 0.333. The number of anilines is 1. The number of nitrogens with one attached hydrogen (secondary N) is 1. The molecule has 2 heterocycles. The van der Waals surface area contributed by atoms with Crippen LogP contribution < -0.4 is 5.32 Å². The minimum atomic E-state index is -0.106. The SMILES string of the molecule is Cc1ccccc1C(=O)Nc1cnn(C2CCOC2)c1. The van der Waals surface area contributed by atoms with Crippen molar-refractivity contribution in [2.45, 2.75) is 19.4 Å². The average Bonchev–Trinajstić information content (AvgIpc) is 3.09. The van der Waals surface area contributed by atoms with Gasteiger partial charge in [0.1, 0.15) is 0 Å². The fourth-order valence-corrected chi connectivity index (χ4v) is 2.36. The van der Waals surface area contributed by atoms with Crippen LogP contribution >= 0.6 is 0 Å². The lowest BCUT2D eigenvalue weighted by Crippen LogP contribution is -2.13. The van der Waals surface area contributed by atoms with E-state index in [9.17, 15) is 4.79 Å². The predicted molar refractivity (Wildman–Crippen MR) is 75.8 cm³/mol. The van der Waals surface area contributed by atoms with Gasteiger partial charge in [0.05, 0.1) is 24.5 Å². The Bertz CT molecular complexity index is 615. The van der Waals surface area contributed by atoms with E-state index in [4.69, 9.17) is 4.74 Å². The van der Waals surface area contributed by atoms with Crippen LogP contribution in [0.2, 0.25) is 0 Å². The average molecular weight is 271 g/mol. The highest BCUT2D eigenvalue weighted by Crippen LogP contribution is 2.20. The Hall–Kier alpha value is -2.14. The number of hydrogen-bond donors (Lipinski definition) is 1. The predicted octanol–water partition coefficient (Wildman–Crippen LogP) is 2.41. The number of aromatic nitrogens is 2. The lowest BCUT2D eigenvalue weighted by molar-refractivity contribution is 0.102. The lowest BCUT2D eigenvalue weighted by atomic mass is 10.1. The van der Waals surface area contributed by atoms with Gasteiger partial charge in [-0.2, -0.15) is 5.10 Å². The monoisotopic (exact) mass is 271 g/mol. The molecule has 1 aromatic carbocycles. The normalized spacial score (nSPS) is 18.1. The number of rotatable bonds is 3. The van der Waals surface area contributed by atoms with E-state index >= 15 is 0 Å². The van der Waals surface area contributed by atoms with Gasteiger partial charge in [-0.3, -0.25) is 9.48 Å². The molecule has 5 heteroatoms. The summed E-state index contributed by atoms with van der Waals surface area (Å²) in [7, 11) is 0. The molecular formula is C15H17N3O2. The van der Waals surface area contributed by atoms with Crippen molar-refractivity contribution >= 4 is 11.6 Å². The summed E-state index contributed by atoms with van der Waals surface area (Å²) in [6.07, 6.45) is 4.50. The van der Waals surface area contributed by atoms with Crippen LogP contribution in [0.3, 0.4) is 0 Å². The maximum Gasteiger partial charge on any atom is 0.256 e. The van der Waals surface area contributed by atoms with E-state index in [1.165, 1.54) is 0 Å². The molecule has 0 spiro atoms. The Morgan fingerprint density at radius 2 is 2.30 bits per heavy atom. The van der Waals surface area contributed by atoms with Gasteiger partial charge in [-0.25, -0.2) is 0 Å². The standard InChI is InChI=1S/C15H17N3O2/c1-11-4-2-3-5-14(11)15(19)17-12-8-16-18(9-12)13-6-7-20-10-13/h2-5,8-9,13H,6-7,10H2,1H3,(H,17,19). The van der Waals surface area contributed by atoms with E-state index in [1.807, 2.05) is 42.1 Å². The second kappa shape index (κ2) is 5.46. The third-order valence-electron chi connectivity index (χ3n) is 3.53. The van der Waals surface area contributed by atoms with Crippen LogP contribution in [0.25, 0.3) is 0 Å². The molecular weight excluding hydrogens is 254 g/mol. The second-order valence-corrected chi connectivity index (χ2v) is 5.00. The van der Waals surface area contributed by atoms with Crippen LogP contribution in [0.5, 0.6) is 0 Å². The molecule has 1 fully saturated rings. The Morgan fingerprint density at radius 1 is 1.45 bits per heavy atom. The molecule has 5 nitrogen and oxygen atoms in total. The molecule has 2 aromatic rings. The molecule has 104 valence electrons. The molecule has 1 atom stereocenters. The van der Waals surface area contributed by atoms with Gasteiger partial charge in [-0.15, -0.1) is 0 Å². The number of carbonyl (C=O) groups is 1. The maximum atomic E-state index is 12.2. The van der Waals surface area contributed by atoms with Crippen LogP contribution in [-0.4, -0.2) is 28.9 Å². The van der Waals surface area contributed by atoms with Crippen molar-refractivity contribution in [3.05, 3.63) is 47.8 Å². The summed E-state index contributed by atoms with van der Waals surface area (Å²) in [6, 6.07) is 7.80. The Labute approximate surface area is 117 Å². The van der Waals surface area contributed by atoms with Crippen LogP contribution in [0.15, 0.2) is 36.7 Å². The topological polar surface area (TPSA) is 56.2 Å². The van der Waals surface area contributed by atoms with E-state index in [1.54, 1.807) is 6.20 Å². The first-order valence-corrected chi connectivity index (χ1v) is 6.73. The number of ether oxygens (including phenoxy) is 1. The third-order valence-corrected chi connectivity index (χ3v) is 3.53. The molecule has 1 aromatic heterocycles. The van der Waals surface area contributed by atoms with Gasteiger partial charge in [0.25, 0.3) is 5.91 Å². The van der Waals surface area contributed by atoms with Crippen molar-refractivity contribution in [2.75, 3.05) is 18.5 Å². The highest BCUT2D eigenvalue weighted by atomic mass is 16.5. The number of amides is 1. The van der Waals surface area contributed by atoms with Crippen LogP contribution in [0.1, 0.15) is 28.4 Å². The number of benzene rings is 1. The minimum absolute atomic E-state index is 0.106. The lowest BCUT2D eigenvalue weighted by Gasteiger charge is -2.07. The van der Waals surface area contributed by atoms with Gasteiger partial charge in [0.15, 0.2) is 0 Å². The van der Waals surface area contributed by atoms with Crippen molar-refractivity contribution < 1.29 is 9.53 Å². The summed E-state index contributed by atoms with van der Waals surface area (Å²) in [5, 5.41) is 7.17. The zero-order valence-corrected chi connectivity index (χ0v) is 11.4. The molecule has 0 bridgehead atoms. The van der Waals surface area contributed by atoms with Crippen molar-refractivity contribution in [3.63, 3.8) is 0 Å². The number of hydrogen-bond acceptors (Lipinski definition) is 3. The zero-order chi connectivity index (χ0) is 13.9. The van der Waals surface area contributed by atoms with Gasteiger partial charge in [-0.05, 0) is 25.0 Å². The maximum absolute atomic E-state index is 12.2. The van der Waals surface area contributed by atoms with Crippen molar-refractivity contribution in [1.82, 2.24) is 9.78 Å². The van der Waals surface area contributed by atoms with Crippen LogP contribution in [0.4, 0.5) is 5.69 Å². The van der Waals surface area contributed by atoms with Gasteiger partial charge >= 0.3 is 0 Å². The Kier molecular flexibility index (Phi) is 3.52. The molecule has 1 N–H and O–H groups in total. The van der Waals surface area contributed by atoms with E-state index in [-0.39, 0.29) is 11.9 Å². The largest absolute Gasteiger partial charge is 0.379 e. The zero-order valence-electron chi connectivity index (χ0n) is 11.4. The molecule has 1 aliphatic rings. The highest BCUT2D eigenvalue weighted by molar-refractivity contribution is 6.05. The molecule has 0 aliphatic carbocycles. The summed E-state index contributed by atoms with van der Waals surface area (Å²) in [6.45, 7) is 3.39. The van der Waals surface area contributed by atoms with Crippen LogP contribution in [-0.2, 0) is 4.74 Å². The van der Waals surface area contributed by atoms with Gasteiger partial charge in [-0.1, -0.05) is 18.2 Å². The van der Waals surface area contributed by atoms with E-state index < -0.39 is 0 Å². The highest BCUT2D eigenvalue weighted by Gasteiger charge is 2.18. The first-order valence-electron chi connectivity index (χ1n) is 6.73. The van der Waals surface area contributed by atoms with Crippen molar-refractivity contribution in [1.29, 1.82) is 0 Å². The van der Waals surface area contributed by atoms with Crippen molar-refractivity contribution in [3.8, 4) is 0 Å². The summed E-state index contributed by atoms with van der Waals surface area (Å²) < 4.78 is 7.20. The fourth-order valence-electron chi connectivity index (χ4n) is 2.36. The molecule has 1 saturated heterocycles. The third kappa shape index (κ3) is 2.58. The van der Waals surface area contributed by atoms with E-state index in [0.29, 0.717) is 17.9 Å². The molecule has 3 rings (SSSR count). The quantitative estimate of drug-likeness (QED) is 0.932. The molecule has 0 radical (unpaired) electrons. The first kappa shape index (κ1) is 12.9. The van der Waals surface area contributed by atoms with Gasteiger partial charge < -0.3 is 10.1 Å². The summed E-state index contributed by atoms with van der Waals surface area (Å²) in [5.74, 6) is -0.106. The Morgan fingerprint density at radius 3 is 3.05 bits per heavy atom.